The van der Waals surface area contributed by atoms with Crippen molar-refractivity contribution in [1.29, 1.82) is 0 Å². The molecule has 1 aromatic rings. The van der Waals surface area contributed by atoms with Gasteiger partial charge in [0.1, 0.15) is 11.6 Å². The highest BCUT2D eigenvalue weighted by Gasteiger charge is 2.49. The summed E-state index contributed by atoms with van der Waals surface area (Å²) < 4.78 is 11.5. The molecule has 1 amide bonds. The summed E-state index contributed by atoms with van der Waals surface area (Å²) in [6, 6.07) is 7.15. The van der Waals surface area contributed by atoms with Gasteiger partial charge in [0, 0.05) is 6.54 Å². The van der Waals surface area contributed by atoms with Crippen LogP contribution in [0.4, 0.5) is 0 Å². The third kappa shape index (κ3) is 2.19. The first-order valence-corrected chi connectivity index (χ1v) is 7.41. The molecule has 22 heavy (non-hydrogen) atoms. The maximum Gasteiger partial charge on any atom is 0.329 e. The topological polar surface area (TPSA) is 76.1 Å². The summed E-state index contributed by atoms with van der Waals surface area (Å²) in [7, 11) is 0. The van der Waals surface area contributed by atoms with E-state index in [1.807, 2.05) is 6.07 Å². The molecule has 1 saturated heterocycles. The SMILES string of the molecule is CC1Oc2ccccc2OC1C(=O)N1CCCC1(C)C(=O)O. The zero-order valence-electron chi connectivity index (χ0n) is 12.6. The maximum atomic E-state index is 12.8. The molecule has 118 valence electrons. The van der Waals surface area contributed by atoms with Gasteiger partial charge in [0.25, 0.3) is 5.91 Å². The molecule has 0 aromatic heterocycles. The van der Waals surface area contributed by atoms with Crippen molar-refractivity contribution in [2.45, 2.75) is 44.4 Å². The Balaban J connectivity index is 1.85. The number of para-hydroxylation sites is 2. The zero-order chi connectivity index (χ0) is 15.9. The zero-order valence-corrected chi connectivity index (χ0v) is 12.6. The maximum absolute atomic E-state index is 12.8. The predicted octanol–water partition coefficient (Wildman–Crippen LogP) is 1.68. The minimum atomic E-state index is -1.17. The number of fused-ring (bicyclic) bond motifs is 1. The van der Waals surface area contributed by atoms with Gasteiger partial charge in [-0.2, -0.15) is 0 Å². The van der Waals surface area contributed by atoms with E-state index >= 15 is 0 Å². The van der Waals surface area contributed by atoms with Crippen molar-refractivity contribution < 1.29 is 24.2 Å². The van der Waals surface area contributed by atoms with Gasteiger partial charge in [-0.25, -0.2) is 4.79 Å². The van der Waals surface area contributed by atoms with Crippen molar-refractivity contribution in [3.8, 4) is 11.5 Å². The minimum Gasteiger partial charge on any atom is -0.482 e. The van der Waals surface area contributed by atoms with Crippen molar-refractivity contribution >= 4 is 11.9 Å². The molecule has 0 spiro atoms. The Hall–Kier alpha value is -2.24. The van der Waals surface area contributed by atoms with Crippen LogP contribution in [0.5, 0.6) is 11.5 Å². The molecule has 0 bridgehead atoms. The molecule has 6 heteroatoms. The fourth-order valence-corrected chi connectivity index (χ4v) is 3.08. The lowest BCUT2D eigenvalue weighted by Gasteiger charge is -2.37. The lowest BCUT2D eigenvalue weighted by atomic mass is 9.98. The monoisotopic (exact) mass is 305 g/mol. The van der Waals surface area contributed by atoms with E-state index in [2.05, 4.69) is 0 Å². The molecule has 1 fully saturated rings. The number of hydrogen-bond donors (Lipinski definition) is 1. The summed E-state index contributed by atoms with van der Waals surface area (Å²) in [5, 5.41) is 9.45. The summed E-state index contributed by atoms with van der Waals surface area (Å²) in [6.07, 6.45) is -0.174. The molecular weight excluding hydrogens is 286 g/mol. The molecule has 1 aromatic carbocycles. The Morgan fingerprint density at radius 2 is 1.91 bits per heavy atom. The molecular formula is C16H19NO5. The number of amides is 1. The third-order valence-electron chi connectivity index (χ3n) is 4.45. The molecule has 6 nitrogen and oxygen atoms in total. The Labute approximate surface area is 128 Å². The lowest BCUT2D eigenvalue weighted by Crippen LogP contribution is -2.58. The van der Waals surface area contributed by atoms with E-state index in [1.165, 1.54) is 4.90 Å². The molecule has 0 saturated carbocycles. The van der Waals surface area contributed by atoms with Crippen LogP contribution in [0, 0.1) is 0 Å². The molecule has 1 N–H and O–H groups in total. The highest BCUT2D eigenvalue weighted by Crippen LogP contribution is 2.36. The van der Waals surface area contributed by atoms with Crippen LogP contribution in [-0.4, -0.2) is 46.2 Å². The Morgan fingerprint density at radius 3 is 2.55 bits per heavy atom. The highest BCUT2D eigenvalue weighted by atomic mass is 16.6. The van der Waals surface area contributed by atoms with Crippen LogP contribution in [0.3, 0.4) is 0 Å². The number of benzene rings is 1. The molecule has 2 aliphatic heterocycles. The van der Waals surface area contributed by atoms with Gasteiger partial charge in [-0.15, -0.1) is 0 Å². The van der Waals surface area contributed by atoms with Crippen molar-refractivity contribution in [2.75, 3.05) is 6.54 Å². The van der Waals surface area contributed by atoms with E-state index in [0.717, 1.165) is 0 Å². The highest BCUT2D eigenvalue weighted by molar-refractivity contribution is 5.90. The number of carboxylic acids is 1. The van der Waals surface area contributed by atoms with Gasteiger partial charge < -0.3 is 19.5 Å². The van der Waals surface area contributed by atoms with E-state index in [0.29, 0.717) is 30.9 Å². The molecule has 0 aliphatic carbocycles. The van der Waals surface area contributed by atoms with Crippen LogP contribution >= 0.6 is 0 Å². The average molecular weight is 305 g/mol. The van der Waals surface area contributed by atoms with Gasteiger partial charge in [-0.1, -0.05) is 12.1 Å². The second-order valence-electron chi connectivity index (χ2n) is 5.98. The summed E-state index contributed by atoms with van der Waals surface area (Å²) in [4.78, 5) is 25.7. The van der Waals surface area contributed by atoms with Gasteiger partial charge in [-0.05, 0) is 38.8 Å². The van der Waals surface area contributed by atoms with Gasteiger partial charge >= 0.3 is 5.97 Å². The normalized spacial score (nSPS) is 30.2. The van der Waals surface area contributed by atoms with Crippen LogP contribution in [0.1, 0.15) is 26.7 Å². The first-order chi connectivity index (χ1) is 10.4. The van der Waals surface area contributed by atoms with E-state index in [-0.39, 0.29) is 5.91 Å². The number of ether oxygens (including phenoxy) is 2. The van der Waals surface area contributed by atoms with Gasteiger partial charge in [-0.3, -0.25) is 4.79 Å². The van der Waals surface area contributed by atoms with Crippen LogP contribution in [0.2, 0.25) is 0 Å². The van der Waals surface area contributed by atoms with Crippen molar-refractivity contribution in [1.82, 2.24) is 4.90 Å². The Kier molecular flexibility index (Phi) is 3.47. The fourth-order valence-electron chi connectivity index (χ4n) is 3.08. The first kappa shape index (κ1) is 14.7. The van der Waals surface area contributed by atoms with E-state index in [4.69, 9.17) is 9.47 Å². The number of aliphatic carboxylic acids is 1. The van der Waals surface area contributed by atoms with Gasteiger partial charge in [0.15, 0.2) is 11.5 Å². The molecule has 3 atom stereocenters. The molecule has 3 unspecified atom stereocenters. The lowest BCUT2D eigenvalue weighted by molar-refractivity contribution is -0.161. The first-order valence-electron chi connectivity index (χ1n) is 7.41. The largest absolute Gasteiger partial charge is 0.482 e. The van der Waals surface area contributed by atoms with Crippen LogP contribution in [-0.2, 0) is 9.59 Å². The van der Waals surface area contributed by atoms with Crippen molar-refractivity contribution in [3.63, 3.8) is 0 Å². The van der Waals surface area contributed by atoms with Crippen LogP contribution in [0.15, 0.2) is 24.3 Å². The number of carbonyl (C=O) groups is 2. The number of carboxylic acid groups (broad SMARTS) is 1. The fraction of sp³-hybridized carbons (Fsp3) is 0.500. The quantitative estimate of drug-likeness (QED) is 0.899. The number of rotatable bonds is 2. The van der Waals surface area contributed by atoms with Crippen molar-refractivity contribution in [2.24, 2.45) is 0 Å². The number of carbonyl (C=O) groups excluding carboxylic acids is 1. The molecule has 3 rings (SSSR count). The predicted molar refractivity (Wildman–Crippen MR) is 77.9 cm³/mol. The summed E-state index contributed by atoms with van der Waals surface area (Å²) >= 11 is 0. The third-order valence-corrected chi connectivity index (χ3v) is 4.45. The van der Waals surface area contributed by atoms with E-state index in [9.17, 15) is 14.7 Å². The number of hydrogen-bond acceptors (Lipinski definition) is 4. The Morgan fingerprint density at radius 1 is 1.27 bits per heavy atom. The minimum absolute atomic E-state index is 0.329. The number of likely N-dealkylation sites (tertiary alicyclic amines) is 1. The van der Waals surface area contributed by atoms with Crippen LogP contribution < -0.4 is 9.47 Å². The standard InChI is InChI=1S/C16H19NO5/c1-10-13(22-12-7-4-3-6-11(12)21-10)14(18)17-9-5-8-16(17,2)15(19)20/h3-4,6-7,10,13H,5,8-9H2,1-2H3,(H,19,20). The van der Waals surface area contributed by atoms with Gasteiger partial charge in [0.05, 0.1) is 0 Å². The molecule has 0 radical (unpaired) electrons. The molecule has 2 heterocycles. The molecule has 2 aliphatic rings. The number of nitrogens with zero attached hydrogens (tertiary/aromatic N) is 1. The second-order valence-corrected chi connectivity index (χ2v) is 5.98. The summed E-state index contributed by atoms with van der Waals surface area (Å²) in [5.74, 6) is -0.204. The van der Waals surface area contributed by atoms with E-state index < -0.39 is 23.7 Å². The van der Waals surface area contributed by atoms with Crippen LogP contribution in [0.25, 0.3) is 0 Å². The summed E-state index contributed by atoms with van der Waals surface area (Å²) in [5.41, 5.74) is -1.17. The Bertz CT molecular complexity index is 616. The smallest absolute Gasteiger partial charge is 0.329 e. The average Bonchev–Trinajstić information content (AvgIpc) is 2.89. The van der Waals surface area contributed by atoms with Gasteiger partial charge in [0.2, 0.25) is 6.10 Å². The summed E-state index contributed by atoms with van der Waals surface area (Å²) in [6.45, 7) is 3.77. The van der Waals surface area contributed by atoms with E-state index in [1.54, 1.807) is 32.0 Å². The van der Waals surface area contributed by atoms with Crippen molar-refractivity contribution in [3.05, 3.63) is 24.3 Å². The second kappa shape index (κ2) is 5.19.